The minimum absolute atomic E-state index is 0.675. The van der Waals surface area contributed by atoms with Crippen LogP contribution in [0.4, 0.5) is 0 Å². The first-order chi connectivity index (χ1) is 16.6. The Morgan fingerprint density at radius 3 is 1.29 bits per heavy atom. The maximum Gasteiger partial charge on any atom is 0.187 e. The molecule has 10 N–H and O–H groups in total. The molecule has 0 aromatic carbocycles. The number of hydrogen-bond acceptors (Lipinski definition) is 16. The Kier molecular flexibility index (Phi) is 10.1. The number of methoxy groups -OCH3 is 1. The normalized spacial score (nSPS) is 51.3. The summed E-state index contributed by atoms with van der Waals surface area (Å²) in [5, 5.41) is 100. The van der Waals surface area contributed by atoms with E-state index in [0.29, 0.717) is 0 Å². The minimum Gasteiger partial charge on any atom is -0.394 e. The van der Waals surface area contributed by atoms with Gasteiger partial charge in [0.2, 0.25) is 0 Å². The molecule has 0 radical (unpaired) electrons. The number of aliphatic hydroxyl groups is 10. The first-order valence-electron chi connectivity index (χ1n) is 11.0. The van der Waals surface area contributed by atoms with Crippen LogP contribution >= 0.6 is 0 Å². The van der Waals surface area contributed by atoms with Crippen LogP contribution in [0.5, 0.6) is 0 Å². The fourth-order valence-corrected chi connectivity index (χ4v) is 4.24. The van der Waals surface area contributed by atoms with E-state index >= 15 is 0 Å². The Labute approximate surface area is 199 Å². The quantitative estimate of drug-likeness (QED) is 0.143. The van der Waals surface area contributed by atoms with E-state index in [1.165, 1.54) is 7.11 Å². The lowest BCUT2D eigenvalue weighted by Gasteiger charge is -2.48. The van der Waals surface area contributed by atoms with E-state index in [2.05, 4.69) is 0 Å². The Morgan fingerprint density at radius 1 is 0.486 bits per heavy atom. The van der Waals surface area contributed by atoms with Gasteiger partial charge in [-0.25, -0.2) is 0 Å². The van der Waals surface area contributed by atoms with Crippen LogP contribution in [-0.4, -0.2) is 170 Å². The van der Waals surface area contributed by atoms with Crippen molar-refractivity contribution in [1.82, 2.24) is 0 Å². The van der Waals surface area contributed by atoms with E-state index in [-0.39, 0.29) is 0 Å². The standard InChI is InChI=1S/C19H34O16/c1-30-17-13(28)10(25)15(6(3-21)32-17)35-19-14(29)11(26)16(7(4-22)33-19)34-18-12(27)9(24)8(23)5(2-20)31-18/h5-29H,2-4H2,1H3/t5-,6-,7-,8-,9+,10-,11-,12-,13-,14-,15-,16-,17-,18-,19-/m1/s1. The van der Waals surface area contributed by atoms with Crippen LogP contribution < -0.4 is 0 Å². The van der Waals surface area contributed by atoms with Gasteiger partial charge in [-0.1, -0.05) is 0 Å². The monoisotopic (exact) mass is 518 g/mol. The molecule has 3 fully saturated rings. The molecule has 3 aliphatic heterocycles. The minimum atomic E-state index is -1.88. The van der Waals surface area contributed by atoms with Crippen molar-refractivity contribution in [2.75, 3.05) is 26.9 Å². The summed E-state index contributed by atoms with van der Waals surface area (Å²) in [5.41, 5.74) is 0. The highest BCUT2D eigenvalue weighted by Gasteiger charge is 2.53. The predicted octanol–water partition coefficient (Wildman–Crippen LogP) is -6.92. The van der Waals surface area contributed by atoms with Crippen LogP contribution in [0, 0.1) is 0 Å². The zero-order valence-corrected chi connectivity index (χ0v) is 18.7. The van der Waals surface area contributed by atoms with Crippen LogP contribution in [0.15, 0.2) is 0 Å². The maximum absolute atomic E-state index is 10.7. The second-order valence-corrected chi connectivity index (χ2v) is 8.55. The molecule has 206 valence electrons. The van der Waals surface area contributed by atoms with Gasteiger partial charge in [0.1, 0.15) is 73.2 Å². The lowest BCUT2D eigenvalue weighted by Crippen LogP contribution is -2.66. The average Bonchev–Trinajstić information content (AvgIpc) is 2.86. The Morgan fingerprint density at radius 2 is 0.857 bits per heavy atom. The fraction of sp³-hybridized carbons (Fsp3) is 1.00. The molecular weight excluding hydrogens is 484 g/mol. The van der Waals surface area contributed by atoms with Gasteiger partial charge in [0, 0.05) is 7.11 Å². The van der Waals surface area contributed by atoms with E-state index in [9.17, 15) is 51.1 Å². The van der Waals surface area contributed by atoms with Crippen molar-refractivity contribution < 1.29 is 79.5 Å². The van der Waals surface area contributed by atoms with E-state index < -0.39 is 112 Å². The predicted molar refractivity (Wildman–Crippen MR) is 106 cm³/mol. The molecule has 3 saturated heterocycles. The van der Waals surface area contributed by atoms with E-state index in [1.807, 2.05) is 0 Å². The molecule has 15 atom stereocenters. The lowest BCUT2D eigenvalue weighted by atomic mass is 9.96. The molecule has 0 spiro atoms. The number of hydrogen-bond donors (Lipinski definition) is 10. The van der Waals surface area contributed by atoms with Crippen LogP contribution in [0.2, 0.25) is 0 Å². The van der Waals surface area contributed by atoms with Crippen molar-refractivity contribution in [2.45, 2.75) is 92.1 Å². The summed E-state index contributed by atoms with van der Waals surface area (Å²) >= 11 is 0. The molecule has 0 unspecified atom stereocenters. The van der Waals surface area contributed by atoms with Crippen LogP contribution in [0.1, 0.15) is 0 Å². The molecule has 3 aliphatic rings. The first kappa shape index (κ1) is 28.9. The van der Waals surface area contributed by atoms with Gasteiger partial charge in [-0.05, 0) is 0 Å². The van der Waals surface area contributed by atoms with Crippen molar-refractivity contribution in [3.8, 4) is 0 Å². The van der Waals surface area contributed by atoms with E-state index in [4.69, 9.17) is 28.4 Å². The van der Waals surface area contributed by atoms with Gasteiger partial charge in [-0.2, -0.15) is 0 Å². The summed E-state index contributed by atoms with van der Waals surface area (Å²) in [6.45, 7) is -2.21. The van der Waals surface area contributed by atoms with Gasteiger partial charge in [0.05, 0.1) is 19.8 Å². The van der Waals surface area contributed by atoms with Crippen molar-refractivity contribution in [2.24, 2.45) is 0 Å². The Bertz CT molecular complexity index is 650. The molecule has 3 rings (SSSR count). The molecule has 3 heterocycles. The topological polar surface area (TPSA) is 258 Å². The second kappa shape index (κ2) is 12.3. The van der Waals surface area contributed by atoms with Gasteiger partial charge in [-0.15, -0.1) is 0 Å². The number of rotatable bonds is 8. The van der Waals surface area contributed by atoms with Crippen molar-refractivity contribution in [1.29, 1.82) is 0 Å². The van der Waals surface area contributed by atoms with Crippen LogP contribution in [0.25, 0.3) is 0 Å². The third-order valence-corrected chi connectivity index (χ3v) is 6.30. The molecule has 0 aliphatic carbocycles. The van der Waals surface area contributed by atoms with Crippen molar-refractivity contribution >= 4 is 0 Å². The molecule has 0 aromatic heterocycles. The average molecular weight is 518 g/mol. The zero-order valence-electron chi connectivity index (χ0n) is 18.7. The van der Waals surface area contributed by atoms with Crippen LogP contribution in [-0.2, 0) is 28.4 Å². The fourth-order valence-electron chi connectivity index (χ4n) is 4.24. The highest BCUT2D eigenvalue weighted by Crippen LogP contribution is 2.32. The highest BCUT2D eigenvalue weighted by molar-refractivity contribution is 4.96. The molecule has 0 saturated carbocycles. The summed E-state index contributed by atoms with van der Waals surface area (Å²) in [6, 6.07) is 0. The Balaban J connectivity index is 1.72. The van der Waals surface area contributed by atoms with Crippen LogP contribution in [0.3, 0.4) is 0 Å². The third-order valence-electron chi connectivity index (χ3n) is 6.30. The summed E-state index contributed by atoms with van der Waals surface area (Å²) in [4.78, 5) is 0. The number of ether oxygens (including phenoxy) is 6. The zero-order chi connectivity index (χ0) is 26.0. The largest absolute Gasteiger partial charge is 0.394 e. The first-order valence-corrected chi connectivity index (χ1v) is 11.0. The molecular formula is C19H34O16. The summed E-state index contributed by atoms with van der Waals surface area (Å²) in [5.74, 6) is 0. The second-order valence-electron chi connectivity index (χ2n) is 8.55. The van der Waals surface area contributed by atoms with E-state index in [1.54, 1.807) is 0 Å². The molecule has 0 bridgehead atoms. The summed E-state index contributed by atoms with van der Waals surface area (Å²) in [7, 11) is 1.21. The molecule has 16 nitrogen and oxygen atoms in total. The van der Waals surface area contributed by atoms with Gasteiger partial charge >= 0.3 is 0 Å². The van der Waals surface area contributed by atoms with Crippen molar-refractivity contribution in [3.63, 3.8) is 0 Å². The molecule has 0 amide bonds. The molecule has 0 aromatic rings. The smallest absolute Gasteiger partial charge is 0.187 e. The lowest BCUT2D eigenvalue weighted by molar-refractivity contribution is -0.378. The number of aliphatic hydroxyl groups excluding tert-OH is 10. The van der Waals surface area contributed by atoms with Crippen molar-refractivity contribution in [3.05, 3.63) is 0 Å². The Hall–Kier alpha value is -0.640. The third kappa shape index (κ3) is 5.78. The SMILES string of the molecule is CO[C@@H]1O[C@H](CO)[C@@H](O[C@H]2O[C@H](CO)[C@@H](O[C@H]3O[C@H](CO)[C@@H](O)[C@H](O)[C@H]3O)[C@H](O)[C@H]2O)[C@H](O)[C@H]1O. The molecule has 16 heteroatoms. The molecule has 35 heavy (non-hydrogen) atoms. The summed E-state index contributed by atoms with van der Waals surface area (Å²) < 4.78 is 31.9. The maximum atomic E-state index is 10.7. The van der Waals surface area contributed by atoms with Gasteiger partial charge in [-0.3, -0.25) is 0 Å². The van der Waals surface area contributed by atoms with Gasteiger partial charge in [0.15, 0.2) is 18.9 Å². The van der Waals surface area contributed by atoms with Gasteiger partial charge in [0.25, 0.3) is 0 Å². The highest BCUT2D eigenvalue weighted by atomic mass is 16.8. The summed E-state index contributed by atoms with van der Waals surface area (Å²) in [6.07, 6.45) is -23.8. The van der Waals surface area contributed by atoms with E-state index in [0.717, 1.165) is 0 Å². The van der Waals surface area contributed by atoms with Gasteiger partial charge < -0.3 is 79.5 Å².